The van der Waals surface area contributed by atoms with Gasteiger partial charge in [-0.15, -0.1) is 0 Å². The van der Waals surface area contributed by atoms with E-state index in [2.05, 4.69) is 5.32 Å². The minimum absolute atomic E-state index is 0.000565. The van der Waals surface area contributed by atoms with Gasteiger partial charge in [-0.25, -0.2) is 13.2 Å². The minimum Gasteiger partial charge on any atom is -0.452 e. The number of fused-ring (bicyclic) bond motifs is 1. The molecule has 0 fully saturated rings. The molecule has 0 radical (unpaired) electrons. The molecular formula is C22H26N2O5S. The van der Waals surface area contributed by atoms with E-state index in [9.17, 15) is 18.0 Å². The monoisotopic (exact) mass is 430 g/mol. The number of rotatable bonds is 7. The summed E-state index contributed by atoms with van der Waals surface area (Å²) < 4.78 is 32.7. The number of hydrogen-bond donors (Lipinski definition) is 1. The number of aryl methyl sites for hydroxylation is 1. The van der Waals surface area contributed by atoms with E-state index in [0.29, 0.717) is 12.2 Å². The van der Waals surface area contributed by atoms with Crippen molar-refractivity contribution >= 4 is 27.6 Å². The lowest BCUT2D eigenvalue weighted by Crippen LogP contribution is -2.35. The van der Waals surface area contributed by atoms with Crippen LogP contribution in [-0.4, -0.2) is 39.5 Å². The molecule has 7 nitrogen and oxygen atoms in total. The number of hydrogen-bond acceptors (Lipinski definition) is 5. The highest BCUT2D eigenvalue weighted by atomic mass is 32.2. The van der Waals surface area contributed by atoms with Crippen molar-refractivity contribution in [1.29, 1.82) is 0 Å². The average Bonchev–Trinajstić information content (AvgIpc) is 2.77. The molecule has 2 aromatic carbocycles. The van der Waals surface area contributed by atoms with E-state index >= 15 is 0 Å². The Labute approximate surface area is 177 Å². The topological polar surface area (TPSA) is 92.8 Å². The third-order valence-electron chi connectivity index (χ3n) is 5.10. The Morgan fingerprint density at radius 2 is 1.83 bits per heavy atom. The van der Waals surface area contributed by atoms with E-state index < -0.39 is 16.0 Å². The van der Waals surface area contributed by atoms with E-state index in [1.807, 2.05) is 38.1 Å². The maximum absolute atomic E-state index is 13.1. The van der Waals surface area contributed by atoms with E-state index in [1.165, 1.54) is 28.6 Å². The molecule has 1 atom stereocenters. The number of anilines is 1. The quantitative estimate of drug-likeness (QED) is 0.682. The lowest BCUT2D eigenvalue weighted by atomic mass is 10.0. The Bertz CT molecular complexity index is 1020. The van der Waals surface area contributed by atoms with Crippen molar-refractivity contribution in [3.63, 3.8) is 0 Å². The zero-order valence-electron chi connectivity index (χ0n) is 17.1. The number of carbonyl (C=O) groups is 2. The van der Waals surface area contributed by atoms with Crippen molar-refractivity contribution in [1.82, 2.24) is 5.32 Å². The molecule has 1 aliphatic rings. The average molecular weight is 431 g/mol. The highest BCUT2D eigenvalue weighted by molar-refractivity contribution is 7.92. The molecule has 1 N–H and O–H groups in total. The Hall–Kier alpha value is -2.87. The fraction of sp³-hybridized carbons (Fsp3) is 0.364. The maximum atomic E-state index is 13.1. The summed E-state index contributed by atoms with van der Waals surface area (Å²) in [6, 6.07) is 13.1. The maximum Gasteiger partial charge on any atom is 0.338 e. The van der Waals surface area contributed by atoms with Crippen LogP contribution in [-0.2, 0) is 26.0 Å². The van der Waals surface area contributed by atoms with Crippen molar-refractivity contribution in [2.75, 3.05) is 17.5 Å². The van der Waals surface area contributed by atoms with Gasteiger partial charge in [-0.05, 0) is 62.1 Å². The third-order valence-corrected chi connectivity index (χ3v) is 6.93. The molecule has 30 heavy (non-hydrogen) atoms. The van der Waals surface area contributed by atoms with Gasteiger partial charge in [-0.1, -0.05) is 25.1 Å². The number of benzene rings is 2. The Balaban J connectivity index is 1.70. The van der Waals surface area contributed by atoms with Crippen molar-refractivity contribution in [3.8, 4) is 0 Å². The fourth-order valence-corrected chi connectivity index (χ4v) is 4.81. The highest BCUT2D eigenvalue weighted by Crippen LogP contribution is 2.31. The molecule has 0 spiro atoms. The molecule has 1 aliphatic heterocycles. The van der Waals surface area contributed by atoms with E-state index in [1.54, 1.807) is 0 Å². The summed E-state index contributed by atoms with van der Waals surface area (Å²) in [6.07, 6.45) is 2.37. The van der Waals surface area contributed by atoms with Crippen LogP contribution in [0.25, 0.3) is 0 Å². The zero-order valence-corrected chi connectivity index (χ0v) is 17.9. The predicted molar refractivity (Wildman–Crippen MR) is 114 cm³/mol. The molecule has 0 aromatic heterocycles. The van der Waals surface area contributed by atoms with Crippen LogP contribution in [0, 0.1) is 0 Å². The molecule has 0 unspecified atom stereocenters. The molecule has 0 bridgehead atoms. The second-order valence-corrected chi connectivity index (χ2v) is 9.15. The molecule has 0 saturated heterocycles. The normalized spacial score (nSPS) is 14.5. The predicted octanol–water partition coefficient (Wildman–Crippen LogP) is 2.90. The van der Waals surface area contributed by atoms with Crippen molar-refractivity contribution in [2.24, 2.45) is 0 Å². The van der Waals surface area contributed by atoms with Gasteiger partial charge in [0.1, 0.15) is 0 Å². The Kier molecular flexibility index (Phi) is 6.77. The number of esters is 1. The summed E-state index contributed by atoms with van der Waals surface area (Å²) >= 11 is 0. The number of sulfonamides is 1. The van der Waals surface area contributed by atoms with Crippen LogP contribution >= 0.6 is 0 Å². The lowest BCUT2D eigenvalue weighted by molar-refractivity contribution is -0.124. The van der Waals surface area contributed by atoms with Crippen LogP contribution in [0.4, 0.5) is 5.69 Å². The van der Waals surface area contributed by atoms with Gasteiger partial charge in [0.25, 0.3) is 15.9 Å². The van der Waals surface area contributed by atoms with Crippen molar-refractivity contribution < 1.29 is 22.7 Å². The van der Waals surface area contributed by atoms with Gasteiger partial charge >= 0.3 is 5.97 Å². The van der Waals surface area contributed by atoms with Gasteiger partial charge in [-0.2, -0.15) is 0 Å². The first-order valence-corrected chi connectivity index (χ1v) is 11.4. The number of ether oxygens (including phenoxy) is 1. The Morgan fingerprint density at radius 3 is 2.53 bits per heavy atom. The summed E-state index contributed by atoms with van der Waals surface area (Å²) in [6.45, 7) is 3.83. The lowest BCUT2D eigenvalue weighted by Gasteiger charge is -2.30. The number of para-hydroxylation sites is 1. The van der Waals surface area contributed by atoms with Crippen molar-refractivity contribution in [3.05, 3.63) is 59.7 Å². The second kappa shape index (κ2) is 9.30. The first kappa shape index (κ1) is 21.8. The summed E-state index contributed by atoms with van der Waals surface area (Å²) in [7, 11) is -3.74. The van der Waals surface area contributed by atoms with E-state index in [-0.39, 0.29) is 29.0 Å². The standard InChI is InChI=1S/C22H26N2O5S/c1-3-16(2)23-21(25)15-29-22(26)18-10-12-19(13-11-18)30(27,28)24-14-6-8-17-7-4-5-9-20(17)24/h4-5,7,9-13,16H,3,6,8,14-15H2,1-2H3,(H,23,25)/t16-/m1/s1. The molecule has 3 rings (SSSR count). The number of amides is 1. The highest BCUT2D eigenvalue weighted by Gasteiger charge is 2.29. The molecule has 0 saturated carbocycles. The number of nitrogens with one attached hydrogen (secondary N) is 1. The molecule has 1 heterocycles. The summed E-state index contributed by atoms with van der Waals surface area (Å²) in [4.78, 5) is 24.0. The van der Waals surface area contributed by atoms with Crippen LogP contribution in [0.5, 0.6) is 0 Å². The van der Waals surface area contributed by atoms with Crippen LogP contribution in [0.2, 0.25) is 0 Å². The van der Waals surface area contributed by atoms with Gasteiger partial charge in [-0.3, -0.25) is 9.10 Å². The van der Waals surface area contributed by atoms with Crippen LogP contribution in [0.3, 0.4) is 0 Å². The summed E-state index contributed by atoms with van der Waals surface area (Å²) in [5.41, 5.74) is 1.88. The van der Waals surface area contributed by atoms with Crippen LogP contribution in [0.1, 0.15) is 42.6 Å². The van der Waals surface area contributed by atoms with Crippen molar-refractivity contribution in [2.45, 2.75) is 44.0 Å². The number of nitrogens with zero attached hydrogens (tertiary/aromatic N) is 1. The zero-order chi connectivity index (χ0) is 21.7. The first-order valence-electron chi connectivity index (χ1n) is 10.00. The molecule has 1 amide bonds. The smallest absolute Gasteiger partial charge is 0.338 e. The van der Waals surface area contributed by atoms with Gasteiger partial charge in [0.2, 0.25) is 0 Å². The minimum atomic E-state index is -3.74. The molecule has 160 valence electrons. The molecule has 0 aliphatic carbocycles. The molecule has 2 aromatic rings. The first-order chi connectivity index (χ1) is 14.3. The second-order valence-electron chi connectivity index (χ2n) is 7.29. The van der Waals surface area contributed by atoms with E-state index in [4.69, 9.17) is 4.74 Å². The SMILES string of the molecule is CC[C@@H](C)NC(=O)COC(=O)c1ccc(S(=O)(=O)N2CCCc3ccccc32)cc1. The van der Waals surface area contributed by atoms with Crippen LogP contribution < -0.4 is 9.62 Å². The molecular weight excluding hydrogens is 404 g/mol. The van der Waals surface area contributed by atoms with Gasteiger partial charge in [0.15, 0.2) is 6.61 Å². The van der Waals surface area contributed by atoms with Gasteiger partial charge in [0.05, 0.1) is 16.1 Å². The third kappa shape index (κ3) is 4.81. The largest absolute Gasteiger partial charge is 0.452 e. The summed E-state index contributed by atoms with van der Waals surface area (Å²) in [5.74, 6) is -1.05. The Morgan fingerprint density at radius 1 is 1.13 bits per heavy atom. The van der Waals surface area contributed by atoms with Crippen LogP contribution in [0.15, 0.2) is 53.4 Å². The summed E-state index contributed by atoms with van der Waals surface area (Å²) in [5, 5.41) is 2.71. The fourth-order valence-electron chi connectivity index (χ4n) is 3.27. The molecule has 8 heteroatoms. The van der Waals surface area contributed by atoms with E-state index in [0.717, 1.165) is 24.8 Å². The van der Waals surface area contributed by atoms with Gasteiger partial charge in [0, 0.05) is 12.6 Å². The van der Waals surface area contributed by atoms with Gasteiger partial charge < -0.3 is 10.1 Å². The number of carbonyl (C=O) groups excluding carboxylic acids is 2.